The molecule has 0 bridgehead atoms. The number of benzene rings is 1. The van der Waals surface area contributed by atoms with Crippen LogP contribution in [-0.2, 0) is 4.79 Å². The van der Waals surface area contributed by atoms with E-state index in [-0.39, 0.29) is 35.6 Å². The van der Waals surface area contributed by atoms with Gasteiger partial charge in [0.15, 0.2) is 0 Å². The predicted octanol–water partition coefficient (Wildman–Crippen LogP) is 2.41. The zero-order chi connectivity index (χ0) is 15.7. The van der Waals surface area contributed by atoms with Crippen molar-refractivity contribution in [2.45, 2.75) is 32.2 Å². The zero-order valence-corrected chi connectivity index (χ0v) is 14.3. The van der Waals surface area contributed by atoms with Gasteiger partial charge in [0.25, 0.3) is 0 Å². The fourth-order valence-electron chi connectivity index (χ4n) is 3.59. The van der Waals surface area contributed by atoms with Gasteiger partial charge in [0.1, 0.15) is 5.82 Å². The van der Waals surface area contributed by atoms with Crippen molar-refractivity contribution in [3.8, 4) is 0 Å². The number of nitrogens with two attached hydrogens (primary N) is 1. The third-order valence-electron chi connectivity index (χ3n) is 5.05. The Morgan fingerprint density at radius 1 is 1.39 bits per heavy atom. The Bertz CT molecular complexity index is 571. The first-order valence-corrected chi connectivity index (χ1v) is 8.03. The molecular weight excluding hydrogens is 317 g/mol. The Morgan fingerprint density at radius 3 is 2.83 bits per heavy atom. The maximum absolute atomic E-state index is 13.4. The lowest BCUT2D eigenvalue weighted by atomic mass is 9.90. The molecular formula is C17H25ClFN3O. The number of amides is 1. The number of piperidine rings is 1. The molecule has 0 aliphatic carbocycles. The Labute approximate surface area is 143 Å². The van der Waals surface area contributed by atoms with E-state index in [2.05, 4.69) is 11.8 Å². The second kappa shape index (κ2) is 7.16. The van der Waals surface area contributed by atoms with E-state index in [0.717, 1.165) is 32.4 Å². The summed E-state index contributed by atoms with van der Waals surface area (Å²) in [4.78, 5) is 16.9. The minimum atomic E-state index is -0.302. The highest BCUT2D eigenvalue weighted by Gasteiger charge is 2.41. The average molecular weight is 342 g/mol. The van der Waals surface area contributed by atoms with E-state index in [1.165, 1.54) is 12.1 Å². The van der Waals surface area contributed by atoms with Crippen molar-refractivity contribution >= 4 is 24.0 Å². The highest BCUT2D eigenvalue weighted by Crippen LogP contribution is 2.33. The Balaban J connectivity index is 0.00000192. The van der Waals surface area contributed by atoms with Gasteiger partial charge in [-0.3, -0.25) is 9.69 Å². The van der Waals surface area contributed by atoms with Crippen molar-refractivity contribution in [3.05, 3.63) is 30.1 Å². The highest BCUT2D eigenvalue weighted by molar-refractivity contribution is 5.97. The van der Waals surface area contributed by atoms with E-state index >= 15 is 0 Å². The van der Waals surface area contributed by atoms with Crippen molar-refractivity contribution < 1.29 is 9.18 Å². The van der Waals surface area contributed by atoms with Crippen LogP contribution in [0.5, 0.6) is 0 Å². The molecule has 1 aromatic rings. The fraction of sp³-hybridized carbons (Fsp3) is 0.588. The lowest BCUT2D eigenvalue weighted by molar-refractivity contribution is -0.125. The fourth-order valence-corrected chi connectivity index (χ4v) is 3.59. The largest absolute Gasteiger partial charge is 0.330 e. The summed E-state index contributed by atoms with van der Waals surface area (Å²) in [5.41, 5.74) is 6.64. The molecule has 0 saturated carbocycles. The van der Waals surface area contributed by atoms with Crippen molar-refractivity contribution in [1.29, 1.82) is 0 Å². The number of hydrogen-bond donors (Lipinski definition) is 1. The number of carbonyl (C=O) groups is 1. The molecule has 23 heavy (non-hydrogen) atoms. The molecule has 2 N–H and O–H groups in total. The van der Waals surface area contributed by atoms with Crippen LogP contribution in [0.3, 0.4) is 0 Å². The van der Waals surface area contributed by atoms with Crippen LogP contribution in [0.4, 0.5) is 10.1 Å². The molecule has 2 heterocycles. The number of likely N-dealkylation sites (tertiary alicyclic amines) is 1. The van der Waals surface area contributed by atoms with Crippen molar-refractivity contribution in [3.63, 3.8) is 0 Å². The molecule has 2 saturated heterocycles. The first-order valence-electron chi connectivity index (χ1n) is 8.03. The summed E-state index contributed by atoms with van der Waals surface area (Å²) in [5.74, 6) is -0.206. The molecule has 1 amide bonds. The summed E-state index contributed by atoms with van der Waals surface area (Å²) in [6, 6.07) is 6.21. The van der Waals surface area contributed by atoms with Gasteiger partial charge >= 0.3 is 0 Å². The van der Waals surface area contributed by atoms with Gasteiger partial charge in [-0.05, 0) is 56.0 Å². The lowest BCUT2D eigenvalue weighted by Crippen LogP contribution is -2.52. The van der Waals surface area contributed by atoms with Gasteiger partial charge in [0.2, 0.25) is 5.91 Å². The van der Waals surface area contributed by atoms with E-state index in [4.69, 9.17) is 5.73 Å². The molecule has 0 aromatic heterocycles. The molecule has 2 aliphatic heterocycles. The summed E-state index contributed by atoms with van der Waals surface area (Å²) in [6.07, 6.45) is 2.86. The molecule has 2 fully saturated rings. The van der Waals surface area contributed by atoms with Crippen molar-refractivity contribution in [2.75, 3.05) is 31.1 Å². The predicted molar refractivity (Wildman–Crippen MR) is 92.4 cm³/mol. The molecule has 2 unspecified atom stereocenters. The second-order valence-electron chi connectivity index (χ2n) is 6.86. The van der Waals surface area contributed by atoms with Gasteiger partial charge in [-0.15, -0.1) is 12.4 Å². The quantitative estimate of drug-likeness (QED) is 0.918. The number of anilines is 1. The highest BCUT2D eigenvalue weighted by atomic mass is 35.5. The van der Waals surface area contributed by atoms with Crippen LogP contribution in [-0.4, -0.2) is 43.0 Å². The first-order chi connectivity index (χ1) is 10.5. The molecule has 128 valence electrons. The minimum Gasteiger partial charge on any atom is -0.330 e. The maximum atomic E-state index is 13.4. The molecule has 3 rings (SSSR count). The average Bonchev–Trinajstić information content (AvgIpc) is 2.90. The number of halogens is 2. The zero-order valence-electron chi connectivity index (χ0n) is 13.5. The SMILES string of the molecule is CC1(CN)CCN(C2CCCN(c3cccc(F)c3)C2=O)C1.Cl. The van der Waals surface area contributed by atoms with E-state index in [9.17, 15) is 9.18 Å². The maximum Gasteiger partial charge on any atom is 0.244 e. The molecule has 4 nitrogen and oxygen atoms in total. The Morgan fingerprint density at radius 2 is 2.17 bits per heavy atom. The minimum absolute atomic E-state index is 0. The number of carbonyl (C=O) groups excluding carboxylic acids is 1. The van der Waals surface area contributed by atoms with Gasteiger partial charge in [-0.1, -0.05) is 13.0 Å². The molecule has 0 spiro atoms. The van der Waals surface area contributed by atoms with E-state index < -0.39 is 0 Å². The summed E-state index contributed by atoms with van der Waals surface area (Å²) in [6.45, 7) is 5.29. The van der Waals surface area contributed by atoms with E-state index in [0.29, 0.717) is 18.8 Å². The Hall–Kier alpha value is -1.17. The summed E-state index contributed by atoms with van der Waals surface area (Å²) >= 11 is 0. The second-order valence-corrected chi connectivity index (χ2v) is 6.86. The van der Waals surface area contributed by atoms with Crippen molar-refractivity contribution in [2.24, 2.45) is 11.1 Å². The molecule has 1 aromatic carbocycles. The standard InChI is InChI=1S/C17H24FN3O.ClH/c1-17(11-19)7-9-20(12-17)15-6-3-8-21(16(15)22)14-5-2-4-13(18)10-14;/h2,4-5,10,15H,3,6-9,11-12,19H2,1H3;1H. The first kappa shape index (κ1) is 18.2. The normalized spacial score (nSPS) is 28.7. The van der Waals surface area contributed by atoms with Crippen LogP contribution in [0.1, 0.15) is 26.2 Å². The Kier molecular flexibility index (Phi) is 5.65. The number of hydrogen-bond acceptors (Lipinski definition) is 3. The van der Waals surface area contributed by atoms with E-state index in [1.54, 1.807) is 17.0 Å². The van der Waals surface area contributed by atoms with Crippen LogP contribution in [0.2, 0.25) is 0 Å². The summed E-state index contributed by atoms with van der Waals surface area (Å²) in [7, 11) is 0. The van der Waals surface area contributed by atoms with Crippen LogP contribution in [0.15, 0.2) is 24.3 Å². The van der Waals surface area contributed by atoms with Crippen LogP contribution < -0.4 is 10.6 Å². The number of nitrogens with zero attached hydrogens (tertiary/aromatic N) is 2. The smallest absolute Gasteiger partial charge is 0.244 e. The van der Waals surface area contributed by atoms with Crippen molar-refractivity contribution in [1.82, 2.24) is 4.90 Å². The van der Waals surface area contributed by atoms with Gasteiger partial charge in [-0.2, -0.15) is 0 Å². The molecule has 2 atom stereocenters. The van der Waals surface area contributed by atoms with Gasteiger partial charge in [0, 0.05) is 18.8 Å². The lowest BCUT2D eigenvalue weighted by Gasteiger charge is -2.37. The van der Waals surface area contributed by atoms with Crippen LogP contribution >= 0.6 is 12.4 Å². The topological polar surface area (TPSA) is 49.6 Å². The van der Waals surface area contributed by atoms with Gasteiger partial charge < -0.3 is 10.6 Å². The van der Waals surface area contributed by atoms with Crippen LogP contribution in [0.25, 0.3) is 0 Å². The van der Waals surface area contributed by atoms with Crippen LogP contribution in [0, 0.1) is 11.2 Å². The number of rotatable bonds is 3. The summed E-state index contributed by atoms with van der Waals surface area (Å²) in [5, 5.41) is 0. The third kappa shape index (κ3) is 3.67. The molecule has 0 radical (unpaired) electrons. The van der Waals surface area contributed by atoms with E-state index in [1.807, 2.05) is 0 Å². The molecule has 6 heteroatoms. The summed E-state index contributed by atoms with van der Waals surface area (Å²) < 4.78 is 13.4. The third-order valence-corrected chi connectivity index (χ3v) is 5.05. The van der Waals surface area contributed by atoms with Gasteiger partial charge in [0.05, 0.1) is 6.04 Å². The monoisotopic (exact) mass is 341 g/mol. The molecule has 2 aliphatic rings. The van der Waals surface area contributed by atoms with Gasteiger partial charge in [-0.25, -0.2) is 4.39 Å².